The van der Waals surface area contributed by atoms with E-state index in [1.165, 1.54) is 12.8 Å². The van der Waals surface area contributed by atoms with Crippen molar-refractivity contribution < 1.29 is 8.42 Å². The fourth-order valence-corrected chi connectivity index (χ4v) is 4.25. The molecular weight excluding hydrogens is 284 g/mol. The first-order valence-electron chi connectivity index (χ1n) is 7.45. The Bertz CT molecular complexity index is 609. The normalized spacial score (nSPS) is 17.5. The Morgan fingerprint density at radius 1 is 1.24 bits per heavy atom. The molecule has 0 bridgehead atoms. The minimum Gasteiger partial charge on any atom is -0.214 e. The summed E-state index contributed by atoms with van der Waals surface area (Å²) in [5.74, 6) is -0.0293. The van der Waals surface area contributed by atoms with E-state index in [1.54, 1.807) is 24.3 Å². The van der Waals surface area contributed by atoms with Crippen molar-refractivity contribution in [2.24, 2.45) is 5.41 Å². The molecule has 1 N–H and O–H groups in total. The zero-order chi connectivity index (χ0) is 15.3. The van der Waals surface area contributed by atoms with E-state index in [2.05, 4.69) is 11.6 Å². The number of nitrogens with zero attached hydrogens (tertiary/aromatic N) is 1. The summed E-state index contributed by atoms with van der Waals surface area (Å²) in [5.41, 5.74) is 1.40. The molecule has 21 heavy (non-hydrogen) atoms. The first kappa shape index (κ1) is 16.0. The van der Waals surface area contributed by atoms with Crippen LogP contribution in [0.4, 0.5) is 0 Å². The van der Waals surface area contributed by atoms with Gasteiger partial charge in [-0.15, -0.1) is 0 Å². The van der Waals surface area contributed by atoms with Gasteiger partial charge in [0.05, 0.1) is 17.4 Å². The van der Waals surface area contributed by atoms with Gasteiger partial charge in [-0.1, -0.05) is 31.9 Å². The van der Waals surface area contributed by atoms with E-state index in [1.807, 2.05) is 6.07 Å². The number of sulfonamides is 1. The summed E-state index contributed by atoms with van der Waals surface area (Å²) in [7, 11) is -3.32. The molecule has 2 rings (SSSR count). The van der Waals surface area contributed by atoms with Crippen molar-refractivity contribution in [1.82, 2.24) is 4.72 Å². The van der Waals surface area contributed by atoms with E-state index < -0.39 is 10.0 Å². The Morgan fingerprint density at radius 3 is 2.38 bits per heavy atom. The van der Waals surface area contributed by atoms with Crippen molar-refractivity contribution in [1.29, 1.82) is 5.26 Å². The molecule has 1 aliphatic rings. The molecule has 0 aromatic heterocycles. The molecule has 5 heteroatoms. The van der Waals surface area contributed by atoms with Crippen molar-refractivity contribution in [3.8, 4) is 6.07 Å². The maximum Gasteiger partial charge on any atom is 0.215 e. The predicted molar refractivity (Wildman–Crippen MR) is 83.0 cm³/mol. The highest BCUT2D eigenvalue weighted by Crippen LogP contribution is 2.40. The first-order chi connectivity index (χ1) is 9.99. The summed E-state index contributed by atoms with van der Waals surface area (Å²) >= 11 is 0. The third kappa shape index (κ3) is 4.29. The lowest BCUT2D eigenvalue weighted by atomic mass is 9.84. The smallest absolute Gasteiger partial charge is 0.214 e. The standard InChI is InChI=1S/C16H22N2O2S/c1-2-16(9-3-4-10-16)13-18-21(19,20)12-15-7-5-14(11-17)6-8-15/h5-8,18H,2-4,9-10,12-13H2,1H3. The number of hydrogen-bond donors (Lipinski definition) is 1. The Kier molecular flexibility index (Phi) is 5.02. The van der Waals surface area contributed by atoms with Gasteiger partial charge in [-0.3, -0.25) is 0 Å². The maximum atomic E-state index is 12.2. The average molecular weight is 306 g/mol. The summed E-state index contributed by atoms with van der Waals surface area (Å²) in [5, 5.41) is 8.74. The summed E-state index contributed by atoms with van der Waals surface area (Å²) in [6, 6.07) is 8.72. The quantitative estimate of drug-likeness (QED) is 0.878. The molecule has 0 saturated heterocycles. The summed E-state index contributed by atoms with van der Waals surface area (Å²) < 4.78 is 27.2. The van der Waals surface area contributed by atoms with Gasteiger partial charge in [-0.2, -0.15) is 5.26 Å². The maximum absolute atomic E-state index is 12.2. The van der Waals surface area contributed by atoms with Crippen LogP contribution in [-0.4, -0.2) is 15.0 Å². The third-order valence-electron chi connectivity index (χ3n) is 4.52. The van der Waals surface area contributed by atoms with Crippen LogP contribution in [0.25, 0.3) is 0 Å². The summed E-state index contributed by atoms with van der Waals surface area (Å²) in [6.07, 6.45) is 5.65. The Balaban J connectivity index is 1.96. The van der Waals surface area contributed by atoms with Gasteiger partial charge < -0.3 is 0 Å². The molecule has 1 fully saturated rings. The molecule has 0 amide bonds. The topological polar surface area (TPSA) is 70.0 Å². The molecule has 0 radical (unpaired) electrons. The highest BCUT2D eigenvalue weighted by atomic mass is 32.2. The summed E-state index contributed by atoms with van der Waals surface area (Å²) in [4.78, 5) is 0. The van der Waals surface area contributed by atoms with E-state index in [0.29, 0.717) is 17.7 Å². The molecule has 0 atom stereocenters. The zero-order valence-corrected chi connectivity index (χ0v) is 13.2. The fraction of sp³-hybridized carbons (Fsp3) is 0.562. The SMILES string of the molecule is CCC1(CNS(=O)(=O)Cc2ccc(C#N)cc2)CCCC1. The zero-order valence-electron chi connectivity index (χ0n) is 12.4. The Hall–Kier alpha value is -1.38. The van der Waals surface area contributed by atoms with Crippen LogP contribution in [0, 0.1) is 16.7 Å². The van der Waals surface area contributed by atoms with Gasteiger partial charge >= 0.3 is 0 Å². The number of hydrogen-bond acceptors (Lipinski definition) is 3. The largest absolute Gasteiger partial charge is 0.215 e. The van der Waals surface area contributed by atoms with Crippen molar-refractivity contribution >= 4 is 10.0 Å². The van der Waals surface area contributed by atoms with E-state index in [9.17, 15) is 8.42 Å². The lowest BCUT2D eigenvalue weighted by Crippen LogP contribution is -2.36. The van der Waals surface area contributed by atoms with Gasteiger partial charge in [0, 0.05) is 6.54 Å². The third-order valence-corrected chi connectivity index (χ3v) is 5.82. The Labute approximate surface area is 127 Å². The molecule has 0 aliphatic heterocycles. The Morgan fingerprint density at radius 2 is 1.86 bits per heavy atom. The van der Waals surface area contributed by atoms with E-state index in [4.69, 9.17) is 5.26 Å². The van der Waals surface area contributed by atoms with Crippen LogP contribution in [-0.2, 0) is 15.8 Å². The van der Waals surface area contributed by atoms with Crippen LogP contribution in [0.3, 0.4) is 0 Å². The van der Waals surface area contributed by atoms with E-state index >= 15 is 0 Å². The van der Waals surface area contributed by atoms with Crippen molar-refractivity contribution in [3.63, 3.8) is 0 Å². The minimum atomic E-state index is -3.32. The van der Waals surface area contributed by atoms with Crippen LogP contribution in [0.5, 0.6) is 0 Å². The van der Waals surface area contributed by atoms with Crippen LogP contribution < -0.4 is 4.72 Å². The lowest BCUT2D eigenvalue weighted by molar-refractivity contribution is 0.285. The minimum absolute atomic E-state index is 0.0293. The number of benzene rings is 1. The number of nitriles is 1. The van der Waals surface area contributed by atoms with Gasteiger partial charge in [-0.05, 0) is 42.4 Å². The van der Waals surface area contributed by atoms with Crippen molar-refractivity contribution in [3.05, 3.63) is 35.4 Å². The van der Waals surface area contributed by atoms with E-state index in [-0.39, 0.29) is 11.2 Å². The molecule has 1 aliphatic carbocycles. The predicted octanol–water partition coefficient (Wildman–Crippen LogP) is 2.95. The van der Waals surface area contributed by atoms with Crippen LogP contribution in [0.2, 0.25) is 0 Å². The average Bonchev–Trinajstić information content (AvgIpc) is 2.95. The number of rotatable bonds is 6. The highest BCUT2D eigenvalue weighted by molar-refractivity contribution is 7.88. The second-order valence-corrected chi connectivity index (χ2v) is 7.76. The summed E-state index contributed by atoms with van der Waals surface area (Å²) in [6.45, 7) is 2.68. The van der Waals surface area contributed by atoms with Gasteiger partial charge in [0.15, 0.2) is 0 Å². The monoisotopic (exact) mass is 306 g/mol. The molecule has 1 saturated carbocycles. The van der Waals surface area contributed by atoms with Gasteiger partial charge in [0.2, 0.25) is 10.0 Å². The molecule has 1 aromatic rings. The molecule has 4 nitrogen and oxygen atoms in total. The molecule has 0 heterocycles. The van der Waals surface area contributed by atoms with Gasteiger partial charge in [0.1, 0.15) is 0 Å². The van der Waals surface area contributed by atoms with Gasteiger partial charge in [0.25, 0.3) is 0 Å². The van der Waals surface area contributed by atoms with E-state index in [0.717, 1.165) is 19.3 Å². The molecule has 114 valence electrons. The molecule has 0 spiro atoms. The molecule has 0 unspecified atom stereocenters. The second kappa shape index (κ2) is 6.59. The second-order valence-electron chi connectivity index (χ2n) is 5.95. The van der Waals surface area contributed by atoms with Crippen molar-refractivity contribution in [2.45, 2.75) is 44.8 Å². The van der Waals surface area contributed by atoms with Crippen molar-refractivity contribution in [2.75, 3.05) is 6.54 Å². The highest BCUT2D eigenvalue weighted by Gasteiger charge is 2.32. The molecular formula is C16H22N2O2S. The number of nitrogens with one attached hydrogen (secondary N) is 1. The van der Waals surface area contributed by atoms with Crippen LogP contribution in [0.15, 0.2) is 24.3 Å². The lowest BCUT2D eigenvalue weighted by Gasteiger charge is -2.27. The van der Waals surface area contributed by atoms with Crippen LogP contribution >= 0.6 is 0 Å². The fourth-order valence-electron chi connectivity index (χ4n) is 2.99. The van der Waals surface area contributed by atoms with Crippen LogP contribution in [0.1, 0.15) is 50.2 Å². The first-order valence-corrected chi connectivity index (χ1v) is 9.10. The molecule has 1 aromatic carbocycles. The van der Waals surface area contributed by atoms with Gasteiger partial charge in [-0.25, -0.2) is 13.1 Å².